The summed E-state index contributed by atoms with van der Waals surface area (Å²) in [5.41, 5.74) is 2.03. The van der Waals surface area contributed by atoms with Crippen molar-refractivity contribution >= 4 is 11.6 Å². The summed E-state index contributed by atoms with van der Waals surface area (Å²) in [6.45, 7) is 0.644. The first-order chi connectivity index (χ1) is 13.7. The molecular formula is C20H28N5O3+. The monoisotopic (exact) mass is 386 g/mol. The Labute approximate surface area is 164 Å². The molecule has 2 aliphatic rings. The Morgan fingerprint density at radius 3 is 3.07 bits per heavy atom. The maximum atomic E-state index is 11.4. The number of hydrogen-bond acceptors (Lipinski definition) is 5. The minimum Gasteiger partial charge on any atom is -0.494 e. The van der Waals surface area contributed by atoms with Crippen molar-refractivity contribution in [2.75, 3.05) is 11.9 Å². The zero-order chi connectivity index (χ0) is 19.3. The molecule has 1 saturated carbocycles. The molecule has 2 atom stereocenters. The van der Waals surface area contributed by atoms with E-state index in [2.05, 4.69) is 20.8 Å². The molecule has 28 heavy (non-hydrogen) atoms. The summed E-state index contributed by atoms with van der Waals surface area (Å²) in [4.78, 5) is 11.4. The van der Waals surface area contributed by atoms with E-state index in [9.17, 15) is 9.90 Å². The van der Waals surface area contributed by atoms with Gasteiger partial charge >= 0.3 is 5.82 Å². The second-order valence-corrected chi connectivity index (χ2v) is 7.73. The molecule has 8 nitrogen and oxygen atoms in total. The molecule has 1 aliphatic carbocycles. The molecule has 0 bridgehead atoms. The van der Waals surface area contributed by atoms with E-state index in [4.69, 9.17) is 4.74 Å². The highest BCUT2D eigenvalue weighted by molar-refractivity contribution is 5.93. The van der Waals surface area contributed by atoms with Crippen LogP contribution in [0.1, 0.15) is 62.4 Å². The first-order valence-electron chi connectivity index (χ1n) is 10.2. The van der Waals surface area contributed by atoms with Gasteiger partial charge in [0.05, 0.1) is 12.7 Å². The number of unbranched alkanes of at least 4 members (excludes halogenated alkanes) is 1. The van der Waals surface area contributed by atoms with Crippen LogP contribution in [0.4, 0.5) is 5.69 Å². The molecule has 1 aromatic carbocycles. The van der Waals surface area contributed by atoms with Gasteiger partial charge in [0, 0.05) is 24.9 Å². The van der Waals surface area contributed by atoms with E-state index in [1.54, 1.807) is 0 Å². The van der Waals surface area contributed by atoms with Crippen molar-refractivity contribution in [3.8, 4) is 5.75 Å². The number of carbonyl (C=O) groups is 1. The van der Waals surface area contributed by atoms with Gasteiger partial charge in [0.2, 0.25) is 5.91 Å². The summed E-state index contributed by atoms with van der Waals surface area (Å²) in [7, 11) is 0. The van der Waals surface area contributed by atoms with Gasteiger partial charge < -0.3 is 15.2 Å². The third-order valence-electron chi connectivity index (χ3n) is 5.62. The van der Waals surface area contributed by atoms with Gasteiger partial charge in [-0.3, -0.25) is 4.79 Å². The number of fused-ring (bicyclic) bond motifs is 1. The lowest BCUT2D eigenvalue weighted by molar-refractivity contribution is -0.787. The number of aliphatic hydroxyl groups is 1. The Bertz CT molecular complexity index is 822. The fraction of sp³-hybridized carbons (Fsp3) is 0.600. The molecule has 8 heteroatoms. The molecule has 1 fully saturated rings. The number of H-pyrrole nitrogens is 1. The number of amides is 1. The van der Waals surface area contributed by atoms with Crippen molar-refractivity contribution < 1.29 is 19.3 Å². The minimum absolute atomic E-state index is 0.0778. The molecule has 1 aliphatic heterocycles. The number of ether oxygens (including phenoxy) is 1. The number of benzene rings is 1. The van der Waals surface area contributed by atoms with Crippen molar-refractivity contribution in [1.29, 1.82) is 0 Å². The standard InChI is InChI=1S/C20H27N5O3/c26-16-5-3-4-15(13-16)25-19(22-23-24-25)6-1-2-11-28-17-8-9-18-14(12-17)7-10-20(27)21-18/h8-9,12,15-16,26H,1-7,10-11,13H2,(H,21,27)/p+1. The molecule has 3 N–H and O–H groups in total. The lowest BCUT2D eigenvalue weighted by atomic mass is 9.93. The van der Waals surface area contributed by atoms with Gasteiger partial charge in [-0.15, -0.1) is 0 Å². The third kappa shape index (κ3) is 4.49. The zero-order valence-corrected chi connectivity index (χ0v) is 16.1. The number of rotatable bonds is 7. The number of aromatic nitrogens is 4. The molecule has 150 valence electrons. The van der Waals surface area contributed by atoms with Crippen LogP contribution in [0.15, 0.2) is 18.2 Å². The SMILES string of the molecule is O=C1CCc2cc(OCCCCc3nn[nH][n+]3C3CCCC(O)C3)ccc2N1. The Balaban J connectivity index is 1.23. The Kier molecular flexibility index (Phi) is 5.85. The fourth-order valence-electron chi connectivity index (χ4n) is 4.10. The number of nitrogens with zero attached hydrogens (tertiary/aromatic N) is 3. The van der Waals surface area contributed by atoms with Crippen LogP contribution in [0, 0.1) is 0 Å². The van der Waals surface area contributed by atoms with Crippen LogP contribution in [0.3, 0.4) is 0 Å². The van der Waals surface area contributed by atoms with Crippen LogP contribution < -0.4 is 14.7 Å². The minimum atomic E-state index is -0.222. The van der Waals surface area contributed by atoms with E-state index >= 15 is 0 Å². The van der Waals surface area contributed by atoms with E-state index in [0.29, 0.717) is 13.0 Å². The number of carbonyl (C=O) groups excluding carboxylic acids is 1. The van der Waals surface area contributed by atoms with Gasteiger partial charge in [0.15, 0.2) is 5.21 Å². The topological polar surface area (TPSA) is 104 Å². The number of aromatic amines is 1. The van der Waals surface area contributed by atoms with Gasteiger partial charge in [-0.2, -0.15) is 4.68 Å². The first-order valence-corrected chi connectivity index (χ1v) is 10.2. The number of nitrogens with one attached hydrogen (secondary N) is 2. The summed E-state index contributed by atoms with van der Waals surface area (Å²) < 4.78 is 7.91. The molecule has 2 unspecified atom stereocenters. The summed E-state index contributed by atoms with van der Waals surface area (Å²) in [6, 6.07) is 6.11. The number of anilines is 1. The summed E-state index contributed by atoms with van der Waals surface area (Å²) >= 11 is 0. The maximum Gasteiger partial charge on any atom is 0.300 e. The highest BCUT2D eigenvalue weighted by atomic mass is 16.5. The highest BCUT2D eigenvalue weighted by Gasteiger charge is 2.28. The van der Waals surface area contributed by atoms with Crippen molar-refractivity contribution in [3.05, 3.63) is 29.6 Å². The quantitative estimate of drug-likeness (QED) is 0.498. The molecule has 2 aromatic rings. The van der Waals surface area contributed by atoms with Crippen molar-refractivity contribution in [2.45, 2.75) is 69.9 Å². The van der Waals surface area contributed by atoms with Gasteiger partial charge in [0.1, 0.15) is 16.9 Å². The van der Waals surface area contributed by atoms with E-state index in [0.717, 1.165) is 74.2 Å². The van der Waals surface area contributed by atoms with Crippen LogP contribution in [-0.2, 0) is 17.6 Å². The summed E-state index contributed by atoms with van der Waals surface area (Å²) in [5, 5.41) is 24.0. The molecular weight excluding hydrogens is 358 g/mol. The van der Waals surface area contributed by atoms with Crippen LogP contribution in [0.25, 0.3) is 0 Å². The molecule has 1 amide bonds. The van der Waals surface area contributed by atoms with E-state index in [1.165, 1.54) is 0 Å². The molecule has 0 saturated heterocycles. The average molecular weight is 386 g/mol. The molecule has 0 radical (unpaired) electrons. The molecule has 1 aromatic heterocycles. The molecule has 4 rings (SSSR count). The lowest BCUT2D eigenvalue weighted by Gasteiger charge is -2.23. The second-order valence-electron chi connectivity index (χ2n) is 7.73. The van der Waals surface area contributed by atoms with Gasteiger partial charge in [-0.25, -0.2) is 0 Å². The maximum absolute atomic E-state index is 11.4. The second kappa shape index (κ2) is 8.68. The van der Waals surface area contributed by atoms with Gasteiger partial charge in [0.25, 0.3) is 0 Å². The van der Waals surface area contributed by atoms with Crippen molar-refractivity contribution in [2.24, 2.45) is 0 Å². The zero-order valence-electron chi connectivity index (χ0n) is 16.1. The number of aryl methyl sites for hydroxylation is 2. The van der Waals surface area contributed by atoms with Crippen molar-refractivity contribution in [1.82, 2.24) is 15.5 Å². The van der Waals surface area contributed by atoms with E-state index < -0.39 is 0 Å². The van der Waals surface area contributed by atoms with E-state index in [1.807, 2.05) is 22.9 Å². The van der Waals surface area contributed by atoms with E-state index in [-0.39, 0.29) is 18.1 Å². The first kappa shape index (κ1) is 18.9. The highest BCUT2D eigenvalue weighted by Crippen LogP contribution is 2.27. The lowest BCUT2D eigenvalue weighted by Crippen LogP contribution is -2.47. The van der Waals surface area contributed by atoms with Crippen molar-refractivity contribution in [3.63, 3.8) is 0 Å². The van der Waals surface area contributed by atoms with Gasteiger partial charge in [-0.05, 0) is 62.3 Å². The molecule has 0 spiro atoms. The Hall–Kier alpha value is -2.48. The van der Waals surface area contributed by atoms with Crippen LogP contribution in [0.2, 0.25) is 0 Å². The predicted molar refractivity (Wildman–Crippen MR) is 102 cm³/mol. The Morgan fingerprint density at radius 1 is 1.25 bits per heavy atom. The largest absolute Gasteiger partial charge is 0.494 e. The van der Waals surface area contributed by atoms with Crippen LogP contribution >= 0.6 is 0 Å². The average Bonchev–Trinajstić information content (AvgIpc) is 3.16. The predicted octanol–water partition coefficient (Wildman–Crippen LogP) is 1.85. The summed E-state index contributed by atoms with van der Waals surface area (Å²) in [5.74, 6) is 1.88. The smallest absolute Gasteiger partial charge is 0.300 e. The number of hydrogen-bond donors (Lipinski definition) is 3. The van der Waals surface area contributed by atoms with Crippen LogP contribution in [-0.4, -0.2) is 39.3 Å². The summed E-state index contributed by atoms with van der Waals surface area (Å²) in [6.07, 6.45) is 7.55. The fourth-order valence-corrected chi connectivity index (χ4v) is 4.10. The van der Waals surface area contributed by atoms with Crippen LogP contribution in [0.5, 0.6) is 5.75 Å². The van der Waals surface area contributed by atoms with Gasteiger partial charge in [-0.1, -0.05) is 5.21 Å². The Morgan fingerprint density at radius 2 is 2.18 bits per heavy atom. The molecule has 2 heterocycles. The normalized spacial score (nSPS) is 21.8. The third-order valence-corrected chi connectivity index (χ3v) is 5.62. The number of tetrazole rings is 1. The number of aliphatic hydroxyl groups excluding tert-OH is 1.